The van der Waals surface area contributed by atoms with Gasteiger partial charge in [0, 0.05) is 31.0 Å². The maximum atomic E-state index is 13.1. The second-order valence-electron chi connectivity index (χ2n) is 5.03. The summed E-state index contributed by atoms with van der Waals surface area (Å²) in [6.45, 7) is 1.28. The first-order valence-electron chi connectivity index (χ1n) is 6.56. The van der Waals surface area contributed by atoms with Crippen molar-refractivity contribution in [2.24, 2.45) is 0 Å². The lowest BCUT2D eigenvalue weighted by Crippen LogP contribution is -2.38. The fraction of sp³-hybridized carbons (Fsp3) is 0.571. The summed E-state index contributed by atoms with van der Waals surface area (Å²) in [6.07, 6.45) is 3.00. The van der Waals surface area contributed by atoms with Crippen molar-refractivity contribution in [1.82, 2.24) is 0 Å². The third kappa shape index (κ3) is 2.87. The van der Waals surface area contributed by atoms with Crippen LogP contribution in [0.2, 0.25) is 0 Å². The molecule has 1 saturated carbocycles. The van der Waals surface area contributed by atoms with Crippen LogP contribution in [0.15, 0.2) is 18.2 Å². The maximum Gasteiger partial charge on any atom is 0.168 e. The highest BCUT2D eigenvalue weighted by atomic mass is 19.1. The third-order valence-corrected chi connectivity index (χ3v) is 3.65. The van der Waals surface area contributed by atoms with Gasteiger partial charge in [-0.3, -0.25) is 0 Å². The smallest absolute Gasteiger partial charge is 0.168 e. The molecule has 104 valence electrons. The molecule has 2 fully saturated rings. The Morgan fingerprint density at radius 1 is 1.00 bits per heavy atom. The topological polar surface area (TPSA) is 27.7 Å². The molecule has 1 aromatic rings. The zero-order chi connectivity index (χ0) is 13.3. The molecule has 5 heteroatoms. The molecular formula is C14H16F2O3. The molecule has 0 amide bonds. The molecule has 0 atom stereocenters. The fourth-order valence-electron chi connectivity index (χ4n) is 2.72. The molecule has 0 bridgehead atoms. The van der Waals surface area contributed by atoms with Crippen molar-refractivity contribution in [1.29, 1.82) is 0 Å². The molecular weight excluding hydrogens is 254 g/mol. The molecule has 19 heavy (non-hydrogen) atoms. The van der Waals surface area contributed by atoms with Gasteiger partial charge in [0.05, 0.1) is 19.3 Å². The van der Waals surface area contributed by atoms with Crippen LogP contribution in [0.3, 0.4) is 0 Å². The molecule has 0 unspecified atom stereocenters. The fourth-order valence-corrected chi connectivity index (χ4v) is 2.72. The van der Waals surface area contributed by atoms with E-state index in [1.54, 1.807) is 0 Å². The standard InChI is InChI=1S/C14H16F2O3/c15-10-7-11(16)9-13(8-10)19-12-1-3-14(4-2-12)17-5-6-18-14/h7-9,12H,1-6H2. The Bertz CT molecular complexity index is 428. The summed E-state index contributed by atoms with van der Waals surface area (Å²) in [4.78, 5) is 0. The van der Waals surface area contributed by atoms with Crippen LogP contribution < -0.4 is 4.74 Å². The number of hydrogen-bond acceptors (Lipinski definition) is 3. The number of hydrogen-bond donors (Lipinski definition) is 0. The molecule has 1 spiro atoms. The lowest BCUT2D eigenvalue weighted by atomic mass is 9.92. The molecule has 1 aliphatic carbocycles. The van der Waals surface area contributed by atoms with Gasteiger partial charge in [-0.05, 0) is 12.8 Å². The quantitative estimate of drug-likeness (QED) is 0.826. The van der Waals surface area contributed by atoms with Crippen LogP contribution in [0, 0.1) is 11.6 Å². The van der Waals surface area contributed by atoms with E-state index in [4.69, 9.17) is 14.2 Å². The zero-order valence-corrected chi connectivity index (χ0v) is 10.5. The van der Waals surface area contributed by atoms with Crippen molar-refractivity contribution in [3.63, 3.8) is 0 Å². The Labute approximate surface area is 110 Å². The predicted octanol–water partition coefficient (Wildman–Crippen LogP) is 3.03. The first kappa shape index (κ1) is 12.8. The Balaban J connectivity index is 1.59. The zero-order valence-electron chi connectivity index (χ0n) is 10.5. The van der Waals surface area contributed by atoms with E-state index in [1.807, 2.05) is 0 Å². The van der Waals surface area contributed by atoms with Crippen molar-refractivity contribution < 1.29 is 23.0 Å². The van der Waals surface area contributed by atoms with Gasteiger partial charge in [0.1, 0.15) is 17.4 Å². The Morgan fingerprint density at radius 2 is 1.58 bits per heavy atom. The molecule has 3 rings (SSSR count). The lowest BCUT2D eigenvalue weighted by molar-refractivity contribution is -0.186. The van der Waals surface area contributed by atoms with Crippen LogP contribution in [-0.4, -0.2) is 25.1 Å². The van der Waals surface area contributed by atoms with Crippen LogP contribution in [0.1, 0.15) is 25.7 Å². The summed E-state index contributed by atoms with van der Waals surface area (Å²) in [6, 6.07) is 3.25. The van der Waals surface area contributed by atoms with Gasteiger partial charge in [-0.25, -0.2) is 8.78 Å². The van der Waals surface area contributed by atoms with Gasteiger partial charge in [-0.15, -0.1) is 0 Å². The van der Waals surface area contributed by atoms with Crippen LogP contribution >= 0.6 is 0 Å². The number of ether oxygens (including phenoxy) is 3. The third-order valence-electron chi connectivity index (χ3n) is 3.65. The van der Waals surface area contributed by atoms with Crippen LogP contribution in [-0.2, 0) is 9.47 Å². The van der Waals surface area contributed by atoms with Crippen molar-refractivity contribution in [2.75, 3.05) is 13.2 Å². The van der Waals surface area contributed by atoms with E-state index in [1.165, 1.54) is 12.1 Å². The largest absolute Gasteiger partial charge is 0.490 e. The first-order chi connectivity index (χ1) is 9.15. The van der Waals surface area contributed by atoms with Crippen molar-refractivity contribution >= 4 is 0 Å². The van der Waals surface area contributed by atoms with Gasteiger partial charge in [0.15, 0.2) is 5.79 Å². The summed E-state index contributed by atoms with van der Waals surface area (Å²) in [7, 11) is 0. The van der Waals surface area contributed by atoms with Crippen molar-refractivity contribution in [2.45, 2.75) is 37.6 Å². The van der Waals surface area contributed by atoms with Crippen molar-refractivity contribution in [3.05, 3.63) is 29.8 Å². The molecule has 1 heterocycles. The molecule has 3 nitrogen and oxygen atoms in total. The van der Waals surface area contributed by atoms with E-state index in [0.29, 0.717) is 13.2 Å². The summed E-state index contributed by atoms with van der Waals surface area (Å²) < 4.78 is 43.0. The summed E-state index contributed by atoms with van der Waals surface area (Å²) in [5, 5.41) is 0. The summed E-state index contributed by atoms with van der Waals surface area (Å²) >= 11 is 0. The molecule has 1 saturated heterocycles. The van der Waals surface area contributed by atoms with Gasteiger partial charge in [-0.2, -0.15) is 0 Å². The monoisotopic (exact) mass is 270 g/mol. The summed E-state index contributed by atoms with van der Waals surface area (Å²) in [5.41, 5.74) is 0. The molecule has 0 radical (unpaired) electrons. The predicted molar refractivity (Wildman–Crippen MR) is 63.9 cm³/mol. The van der Waals surface area contributed by atoms with Gasteiger partial charge in [0.25, 0.3) is 0 Å². The molecule has 0 aromatic heterocycles. The highest BCUT2D eigenvalue weighted by Crippen LogP contribution is 2.37. The lowest BCUT2D eigenvalue weighted by Gasteiger charge is -2.35. The van der Waals surface area contributed by atoms with Gasteiger partial charge < -0.3 is 14.2 Å². The Hall–Kier alpha value is -1.20. The van der Waals surface area contributed by atoms with Gasteiger partial charge in [-0.1, -0.05) is 0 Å². The number of halogens is 2. The SMILES string of the molecule is Fc1cc(F)cc(OC2CCC3(CC2)OCCO3)c1. The highest BCUT2D eigenvalue weighted by molar-refractivity contribution is 5.24. The van der Waals surface area contributed by atoms with Gasteiger partial charge >= 0.3 is 0 Å². The average molecular weight is 270 g/mol. The minimum atomic E-state index is -0.621. The second-order valence-corrected chi connectivity index (χ2v) is 5.03. The van der Waals surface area contributed by atoms with Crippen LogP contribution in [0.25, 0.3) is 0 Å². The van der Waals surface area contributed by atoms with E-state index < -0.39 is 17.4 Å². The normalized spacial score (nSPS) is 22.8. The number of benzene rings is 1. The van der Waals surface area contributed by atoms with E-state index in [9.17, 15) is 8.78 Å². The summed E-state index contributed by atoms with van der Waals surface area (Å²) in [5.74, 6) is -1.44. The minimum absolute atomic E-state index is 0.0420. The van der Waals surface area contributed by atoms with E-state index in [2.05, 4.69) is 0 Å². The number of rotatable bonds is 2. The first-order valence-corrected chi connectivity index (χ1v) is 6.56. The Kier molecular flexibility index (Phi) is 3.41. The highest BCUT2D eigenvalue weighted by Gasteiger charge is 2.40. The van der Waals surface area contributed by atoms with Gasteiger partial charge in [0.2, 0.25) is 0 Å². The van der Waals surface area contributed by atoms with E-state index >= 15 is 0 Å². The van der Waals surface area contributed by atoms with Crippen LogP contribution in [0.4, 0.5) is 8.78 Å². The molecule has 2 aliphatic rings. The van der Waals surface area contributed by atoms with E-state index in [-0.39, 0.29) is 11.9 Å². The average Bonchev–Trinajstić information content (AvgIpc) is 2.80. The van der Waals surface area contributed by atoms with Crippen molar-refractivity contribution in [3.8, 4) is 5.75 Å². The second kappa shape index (κ2) is 5.06. The minimum Gasteiger partial charge on any atom is -0.490 e. The Morgan fingerprint density at radius 3 is 2.16 bits per heavy atom. The maximum absolute atomic E-state index is 13.1. The molecule has 1 aromatic carbocycles. The van der Waals surface area contributed by atoms with E-state index in [0.717, 1.165) is 31.7 Å². The van der Waals surface area contributed by atoms with Crippen LogP contribution in [0.5, 0.6) is 5.75 Å². The molecule has 1 aliphatic heterocycles. The molecule has 0 N–H and O–H groups in total.